The van der Waals surface area contributed by atoms with E-state index in [1.165, 1.54) is 0 Å². The number of ether oxygens (including phenoxy) is 1. The number of unbranched alkanes of at least 4 members (excludes halogenated alkanes) is 1. The van der Waals surface area contributed by atoms with Gasteiger partial charge in [0.15, 0.2) is 8.32 Å². The lowest BCUT2D eigenvalue weighted by atomic mass is 10.0. The Balaban J connectivity index is 1.56. The summed E-state index contributed by atoms with van der Waals surface area (Å²) in [6.07, 6.45) is 5.10. The second kappa shape index (κ2) is 11.0. The topological polar surface area (TPSA) is 87.2 Å². The van der Waals surface area contributed by atoms with E-state index >= 15 is 0 Å². The van der Waals surface area contributed by atoms with Crippen molar-refractivity contribution in [2.24, 2.45) is 5.73 Å². The highest BCUT2D eigenvalue weighted by Gasteiger charge is 2.36. The minimum atomic E-state index is -1.68. The Hall–Kier alpha value is -1.90. The molecule has 0 amide bonds. The van der Waals surface area contributed by atoms with Crippen LogP contribution in [0.4, 0.5) is 11.6 Å². The quantitative estimate of drug-likeness (QED) is 0.283. The van der Waals surface area contributed by atoms with Crippen molar-refractivity contribution in [1.29, 1.82) is 0 Å². The molecule has 1 fully saturated rings. The second-order valence-corrected chi connectivity index (χ2v) is 17.3. The maximum absolute atomic E-state index is 6.26. The maximum atomic E-state index is 6.26. The van der Waals surface area contributed by atoms with Gasteiger partial charge in [-0.2, -0.15) is 10.1 Å². The first kappa shape index (κ1) is 27.7. The van der Waals surface area contributed by atoms with Crippen LogP contribution in [-0.2, 0) is 9.96 Å². The minimum Gasteiger partial charge on any atom is -0.478 e. The fourth-order valence-electron chi connectivity index (χ4n) is 4.11. The molecule has 0 saturated heterocycles. The number of anilines is 2. The van der Waals surface area contributed by atoms with E-state index < -0.39 is 8.32 Å². The molecule has 0 aromatic carbocycles. The van der Waals surface area contributed by atoms with Gasteiger partial charge in [-0.25, -0.2) is 4.68 Å². The van der Waals surface area contributed by atoms with E-state index in [0.717, 1.165) is 56.0 Å². The number of nitrogens with one attached hydrogen (secondary N) is 1. The zero-order valence-electron chi connectivity index (χ0n) is 23.1. The Labute approximate surface area is 213 Å². The average Bonchev–Trinajstić information content (AvgIpc) is 3.36. The van der Waals surface area contributed by atoms with Crippen LogP contribution in [0.1, 0.15) is 85.3 Å². The Bertz CT molecular complexity index is 961. The molecule has 0 aliphatic heterocycles. The monoisotopic (exact) mass is 501 g/mol. The van der Waals surface area contributed by atoms with Gasteiger partial charge in [0, 0.05) is 30.7 Å². The third kappa shape index (κ3) is 7.54. The standard InChI is InChI=1S/C27H47N5O2Si/c1-26(2,3)32-24(19-22(31-32)20-14-15-21(28)18-20)29-23-12-11-13-25(30-23)33-16-9-10-17-34-35(7,8)27(4,5)6/h11-13,19-21H,9-10,14-18,28H2,1-8H3,(H,29,30). The van der Waals surface area contributed by atoms with Gasteiger partial charge < -0.3 is 20.2 Å². The van der Waals surface area contributed by atoms with Gasteiger partial charge in [0.1, 0.15) is 11.6 Å². The van der Waals surface area contributed by atoms with Crippen LogP contribution >= 0.6 is 0 Å². The van der Waals surface area contributed by atoms with Crippen molar-refractivity contribution in [3.8, 4) is 5.88 Å². The number of aromatic nitrogens is 3. The van der Waals surface area contributed by atoms with Crippen molar-refractivity contribution < 1.29 is 9.16 Å². The summed E-state index contributed by atoms with van der Waals surface area (Å²) < 4.78 is 14.3. The van der Waals surface area contributed by atoms with E-state index in [0.29, 0.717) is 18.4 Å². The molecule has 196 valence electrons. The van der Waals surface area contributed by atoms with E-state index in [1.807, 2.05) is 18.2 Å². The number of rotatable bonds is 10. The first-order chi connectivity index (χ1) is 16.3. The van der Waals surface area contributed by atoms with Crippen molar-refractivity contribution in [2.75, 3.05) is 18.5 Å². The fourth-order valence-corrected chi connectivity index (χ4v) is 5.19. The summed E-state index contributed by atoms with van der Waals surface area (Å²) in [6.45, 7) is 19.3. The highest BCUT2D eigenvalue weighted by atomic mass is 28.4. The molecule has 1 aliphatic rings. The van der Waals surface area contributed by atoms with Crippen LogP contribution in [-0.4, -0.2) is 42.3 Å². The molecule has 1 saturated carbocycles. The van der Waals surface area contributed by atoms with Gasteiger partial charge in [-0.05, 0) is 77.1 Å². The van der Waals surface area contributed by atoms with Crippen molar-refractivity contribution >= 4 is 20.0 Å². The summed E-state index contributed by atoms with van der Waals surface area (Å²) in [4.78, 5) is 4.68. The summed E-state index contributed by atoms with van der Waals surface area (Å²) in [5, 5.41) is 8.68. The van der Waals surface area contributed by atoms with Crippen LogP contribution in [0.3, 0.4) is 0 Å². The molecule has 8 heteroatoms. The van der Waals surface area contributed by atoms with Crippen molar-refractivity contribution in [3.63, 3.8) is 0 Å². The zero-order chi connectivity index (χ0) is 25.9. The molecule has 2 atom stereocenters. The molecule has 2 heterocycles. The lowest BCUT2D eigenvalue weighted by Crippen LogP contribution is -2.41. The number of nitrogens with two attached hydrogens (primary N) is 1. The van der Waals surface area contributed by atoms with Gasteiger partial charge in [-0.1, -0.05) is 26.8 Å². The molecule has 2 aromatic rings. The molecule has 3 N–H and O–H groups in total. The largest absolute Gasteiger partial charge is 0.478 e. The Morgan fingerprint density at radius 3 is 2.43 bits per heavy atom. The smallest absolute Gasteiger partial charge is 0.215 e. The second-order valence-electron chi connectivity index (χ2n) is 12.5. The number of hydrogen-bond acceptors (Lipinski definition) is 6. The van der Waals surface area contributed by atoms with Crippen LogP contribution in [0.15, 0.2) is 24.3 Å². The summed E-state index contributed by atoms with van der Waals surface area (Å²) in [7, 11) is -1.68. The van der Waals surface area contributed by atoms with Crippen LogP contribution < -0.4 is 15.8 Å². The predicted molar refractivity (Wildman–Crippen MR) is 147 cm³/mol. The molecule has 0 bridgehead atoms. The van der Waals surface area contributed by atoms with Gasteiger partial charge in [0.25, 0.3) is 0 Å². The molecule has 7 nitrogen and oxygen atoms in total. The van der Waals surface area contributed by atoms with E-state index in [2.05, 4.69) is 75.7 Å². The highest BCUT2D eigenvalue weighted by molar-refractivity contribution is 6.74. The average molecular weight is 502 g/mol. The normalized spacial score (nSPS) is 19.2. The molecular formula is C27H47N5O2Si. The van der Waals surface area contributed by atoms with Gasteiger partial charge in [0.05, 0.1) is 17.8 Å². The third-order valence-electron chi connectivity index (χ3n) is 7.29. The van der Waals surface area contributed by atoms with E-state index in [-0.39, 0.29) is 16.6 Å². The third-order valence-corrected chi connectivity index (χ3v) is 11.8. The Morgan fingerprint density at radius 2 is 1.80 bits per heavy atom. The van der Waals surface area contributed by atoms with E-state index in [1.54, 1.807) is 0 Å². The van der Waals surface area contributed by atoms with Crippen molar-refractivity contribution in [1.82, 2.24) is 14.8 Å². The molecular weight excluding hydrogens is 454 g/mol. The van der Waals surface area contributed by atoms with Crippen LogP contribution in [0, 0.1) is 0 Å². The van der Waals surface area contributed by atoms with Gasteiger partial charge in [-0.3, -0.25) is 0 Å². The first-order valence-electron chi connectivity index (χ1n) is 13.1. The van der Waals surface area contributed by atoms with Gasteiger partial charge in [-0.15, -0.1) is 0 Å². The SMILES string of the molecule is CC(C)(C)n1nc(C2CCC(N)C2)cc1Nc1cccc(OCCCCO[Si](C)(C)C(C)(C)C)n1. The first-order valence-corrected chi connectivity index (χ1v) is 16.0. The number of nitrogens with zero attached hydrogens (tertiary/aromatic N) is 3. The Kier molecular flexibility index (Phi) is 8.71. The lowest BCUT2D eigenvalue weighted by molar-refractivity contribution is 0.248. The minimum absolute atomic E-state index is 0.151. The summed E-state index contributed by atoms with van der Waals surface area (Å²) in [5.41, 5.74) is 7.12. The van der Waals surface area contributed by atoms with Crippen LogP contribution in [0.25, 0.3) is 0 Å². The highest BCUT2D eigenvalue weighted by Crippen LogP contribution is 2.37. The molecule has 2 unspecified atom stereocenters. The van der Waals surface area contributed by atoms with Crippen molar-refractivity contribution in [2.45, 2.75) is 109 Å². The molecule has 35 heavy (non-hydrogen) atoms. The Morgan fingerprint density at radius 1 is 1.09 bits per heavy atom. The fraction of sp³-hybridized carbons (Fsp3) is 0.704. The zero-order valence-corrected chi connectivity index (χ0v) is 24.1. The molecule has 0 radical (unpaired) electrons. The summed E-state index contributed by atoms with van der Waals surface area (Å²) in [6, 6.07) is 8.28. The molecule has 0 spiro atoms. The number of hydrogen-bond donors (Lipinski definition) is 2. The molecule has 2 aromatic heterocycles. The van der Waals surface area contributed by atoms with E-state index in [4.69, 9.17) is 20.0 Å². The van der Waals surface area contributed by atoms with E-state index in [9.17, 15) is 0 Å². The van der Waals surface area contributed by atoms with Crippen LogP contribution in [0.2, 0.25) is 18.1 Å². The predicted octanol–water partition coefficient (Wildman–Crippen LogP) is 6.55. The number of pyridine rings is 1. The lowest BCUT2D eigenvalue weighted by Gasteiger charge is -2.36. The molecule has 1 aliphatic carbocycles. The van der Waals surface area contributed by atoms with Crippen molar-refractivity contribution in [3.05, 3.63) is 30.0 Å². The maximum Gasteiger partial charge on any atom is 0.215 e. The van der Waals surface area contributed by atoms with Gasteiger partial charge >= 0.3 is 0 Å². The van der Waals surface area contributed by atoms with Gasteiger partial charge in [0.2, 0.25) is 5.88 Å². The summed E-state index contributed by atoms with van der Waals surface area (Å²) in [5.74, 6) is 2.76. The van der Waals surface area contributed by atoms with Crippen LogP contribution in [0.5, 0.6) is 5.88 Å². The molecule has 3 rings (SSSR count). The summed E-state index contributed by atoms with van der Waals surface area (Å²) >= 11 is 0.